The van der Waals surface area contributed by atoms with Gasteiger partial charge in [0, 0.05) is 40.3 Å². The number of para-hydroxylation sites is 1. The van der Waals surface area contributed by atoms with E-state index in [0.717, 1.165) is 17.7 Å². The van der Waals surface area contributed by atoms with Crippen molar-refractivity contribution in [3.63, 3.8) is 0 Å². The Balaban J connectivity index is 2.13. The molecule has 10 nitrogen and oxygen atoms in total. The van der Waals surface area contributed by atoms with E-state index in [2.05, 4.69) is 10.3 Å². The summed E-state index contributed by atoms with van der Waals surface area (Å²) in [5.41, 5.74) is 0.357. The Kier molecular flexibility index (Phi) is 4.71. The van der Waals surface area contributed by atoms with E-state index in [1.807, 2.05) is 4.90 Å². The van der Waals surface area contributed by atoms with Crippen LogP contribution in [0.1, 0.15) is 10.4 Å². The smallest absolute Gasteiger partial charge is 0.339 e. The van der Waals surface area contributed by atoms with Crippen molar-refractivity contribution in [3.05, 3.63) is 50.7 Å². The zero-order valence-electron chi connectivity index (χ0n) is 16.5. The van der Waals surface area contributed by atoms with Crippen molar-refractivity contribution in [3.8, 4) is 5.69 Å². The van der Waals surface area contributed by atoms with Crippen molar-refractivity contribution in [1.82, 2.24) is 24.0 Å². The molecule has 0 aliphatic carbocycles. The average Bonchev–Trinajstić information content (AvgIpc) is 3.17. The van der Waals surface area contributed by atoms with Gasteiger partial charge in [0.05, 0.1) is 18.4 Å². The van der Waals surface area contributed by atoms with Gasteiger partial charge in [-0.25, -0.2) is 9.59 Å². The summed E-state index contributed by atoms with van der Waals surface area (Å²) in [6.45, 7) is 2.88. The summed E-state index contributed by atoms with van der Waals surface area (Å²) in [4.78, 5) is 44.6. The largest absolute Gasteiger partial charge is 0.465 e. The molecule has 4 rings (SSSR count). The normalized spacial score (nSPS) is 14.4. The van der Waals surface area contributed by atoms with Crippen LogP contribution in [0.15, 0.2) is 33.9 Å². The van der Waals surface area contributed by atoms with E-state index in [-0.39, 0.29) is 11.2 Å². The highest BCUT2D eigenvalue weighted by molar-refractivity contribution is 5.95. The molecule has 0 amide bonds. The lowest BCUT2D eigenvalue weighted by Gasteiger charge is -2.29. The summed E-state index contributed by atoms with van der Waals surface area (Å²) in [6, 6.07) is 6.89. The fourth-order valence-electron chi connectivity index (χ4n) is 3.64. The van der Waals surface area contributed by atoms with Gasteiger partial charge in [-0.15, -0.1) is 0 Å². The molecule has 1 aliphatic heterocycles. The molecule has 2 aromatic heterocycles. The lowest BCUT2D eigenvalue weighted by atomic mass is 10.1. The first-order valence-corrected chi connectivity index (χ1v) is 9.27. The third-order valence-corrected chi connectivity index (χ3v) is 5.19. The quantitative estimate of drug-likeness (QED) is 0.600. The number of benzene rings is 1. The van der Waals surface area contributed by atoms with Gasteiger partial charge in [-0.3, -0.25) is 18.5 Å². The predicted octanol–water partition coefficient (Wildman–Crippen LogP) is -0.381. The summed E-state index contributed by atoms with van der Waals surface area (Å²) in [5, 5.41) is 3.28. The molecule has 0 saturated carbocycles. The molecule has 152 valence electrons. The molecule has 0 bridgehead atoms. The maximum absolute atomic E-state index is 13.1. The van der Waals surface area contributed by atoms with E-state index in [9.17, 15) is 14.4 Å². The Morgan fingerprint density at radius 1 is 1.10 bits per heavy atom. The van der Waals surface area contributed by atoms with Crippen LogP contribution in [0, 0.1) is 0 Å². The molecule has 1 saturated heterocycles. The number of carbonyl (C=O) groups is 1. The molecule has 1 aliphatic rings. The van der Waals surface area contributed by atoms with Crippen LogP contribution in [0.4, 0.5) is 5.95 Å². The van der Waals surface area contributed by atoms with Crippen molar-refractivity contribution in [2.45, 2.75) is 0 Å². The lowest BCUT2D eigenvalue weighted by Crippen LogP contribution is -2.44. The van der Waals surface area contributed by atoms with Crippen LogP contribution >= 0.6 is 0 Å². The highest BCUT2D eigenvalue weighted by atomic mass is 16.5. The molecular weight excluding hydrogens is 376 g/mol. The number of rotatable bonds is 3. The van der Waals surface area contributed by atoms with Crippen molar-refractivity contribution < 1.29 is 9.53 Å². The second-order valence-electron chi connectivity index (χ2n) is 6.87. The molecule has 1 N–H and O–H groups in total. The van der Waals surface area contributed by atoms with Crippen molar-refractivity contribution in [2.24, 2.45) is 14.1 Å². The molecule has 29 heavy (non-hydrogen) atoms. The van der Waals surface area contributed by atoms with Gasteiger partial charge in [0.2, 0.25) is 5.95 Å². The fourth-order valence-corrected chi connectivity index (χ4v) is 3.64. The van der Waals surface area contributed by atoms with Gasteiger partial charge >= 0.3 is 11.7 Å². The molecule has 1 fully saturated rings. The minimum absolute atomic E-state index is 0.236. The molecule has 0 spiro atoms. The first-order chi connectivity index (χ1) is 14.0. The number of piperazine rings is 1. The van der Waals surface area contributed by atoms with Crippen LogP contribution in [0.3, 0.4) is 0 Å². The Morgan fingerprint density at radius 2 is 1.79 bits per heavy atom. The number of nitrogens with zero attached hydrogens (tertiary/aromatic N) is 5. The average molecular weight is 398 g/mol. The number of imidazole rings is 1. The van der Waals surface area contributed by atoms with Gasteiger partial charge in [0.15, 0.2) is 11.2 Å². The fraction of sp³-hybridized carbons (Fsp3) is 0.368. The van der Waals surface area contributed by atoms with E-state index < -0.39 is 17.2 Å². The van der Waals surface area contributed by atoms with E-state index in [1.54, 1.807) is 35.9 Å². The third kappa shape index (κ3) is 2.92. The third-order valence-electron chi connectivity index (χ3n) is 5.19. The van der Waals surface area contributed by atoms with Crippen LogP contribution in [-0.4, -0.2) is 57.9 Å². The van der Waals surface area contributed by atoms with Gasteiger partial charge in [-0.2, -0.15) is 4.98 Å². The van der Waals surface area contributed by atoms with Crippen LogP contribution in [0.2, 0.25) is 0 Å². The second-order valence-corrected chi connectivity index (χ2v) is 6.87. The molecule has 3 heterocycles. The standard InChI is InChI=1S/C19H22N6O4/c1-22-15-14(16(26)23(2)19(22)28)25(18(21-15)24-10-8-20-9-11-24)13-7-5-4-6-12(13)17(27)29-3/h4-7,20H,8-11H2,1-3H3. The summed E-state index contributed by atoms with van der Waals surface area (Å²) in [5.74, 6) is -0.00786. The van der Waals surface area contributed by atoms with Crippen LogP contribution < -0.4 is 21.5 Å². The maximum Gasteiger partial charge on any atom is 0.339 e. The molecule has 0 radical (unpaired) electrons. The number of aromatic nitrogens is 4. The topological polar surface area (TPSA) is 103 Å². The molecule has 0 unspecified atom stereocenters. The zero-order chi connectivity index (χ0) is 20.7. The van der Waals surface area contributed by atoms with Crippen LogP contribution in [0.25, 0.3) is 16.9 Å². The Bertz CT molecular complexity index is 1220. The number of esters is 1. The van der Waals surface area contributed by atoms with Crippen molar-refractivity contribution in [2.75, 3.05) is 38.2 Å². The first kappa shape index (κ1) is 18.9. The second kappa shape index (κ2) is 7.21. The Hall–Kier alpha value is -3.40. The van der Waals surface area contributed by atoms with Gasteiger partial charge in [0.1, 0.15) is 0 Å². The number of aryl methyl sites for hydroxylation is 1. The number of carbonyl (C=O) groups excluding carboxylic acids is 1. The van der Waals surface area contributed by atoms with Crippen LogP contribution in [0.5, 0.6) is 0 Å². The summed E-state index contributed by atoms with van der Waals surface area (Å²) < 4.78 is 8.99. The minimum Gasteiger partial charge on any atom is -0.465 e. The van der Waals surface area contributed by atoms with E-state index in [4.69, 9.17) is 4.74 Å². The molecule has 3 aromatic rings. The highest BCUT2D eigenvalue weighted by Gasteiger charge is 2.27. The number of nitrogens with one attached hydrogen (secondary N) is 1. The number of hydrogen-bond acceptors (Lipinski definition) is 7. The summed E-state index contributed by atoms with van der Waals surface area (Å²) in [6.07, 6.45) is 0. The number of methoxy groups -OCH3 is 1. The highest BCUT2D eigenvalue weighted by Crippen LogP contribution is 2.27. The lowest BCUT2D eigenvalue weighted by molar-refractivity contribution is 0.0601. The Labute approximate surface area is 165 Å². The number of anilines is 1. The van der Waals surface area contributed by atoms with Crippen molar-refractivity contribution in [1.29, 1.82) is 0 Å². The molecule has 0 atom stereocenters. The van der Waals surface area contributed by atoms with Gasteiger partial charge in [0.25, 0.3) is 5.56 Å². The SMILES string of the molecule is COC(=O)c1ccccc1-n1c(N2CCNCC2)nc2c1c(=O)n(C)c(=O)n2C. The van der Waals surface area contributed by atoms with Gasteiger partial charge < -0.3 is 15.0 Å². The predicted molar refractivity (Wildman–Crippen MR) is 108 cm³/mol. The molecule has 10 heteroatoms. The summed E-state index contributed by atoms with van der Waals surface area (Å²) >= 11 is 0. The van der Waals surface area contributed by atoms with Gasteiger partial charge in [-0.05, 0) is 12.1 Å². The molecule has 1 aromatic carbocycles. The number of hydrogen-bond donors (Lipinski definition) is 1. The maximum atomic E-state index is 13.1. The number of ether oxygens (including phenoxy) is 1. The van der Waals surface area contributed by atoms with E-state index in [1.165, 1.54) is 18.7 Å². The van der Waals surface area contributed by atoms with Crippen LogP contribution in [-0.2, 0) is 18.8 Å². The van der Waals surface area contributed by atoms with E-state index >= 15 is 0 Å². The van der Waals surface area contributed by atoms with Gasteiger partial charge in [-0.1, -0.05) is 12.1 Å². The molecular formula is C19H22N6O4. The van der Waals surface area contributed by atoms with E-state index in [0.29, 0.717) is 30.3 Å². The Morgan fingerprint density at radius 3 is 2.48 bits per heavy atom. The first-order valence-electron chi connectivity index (χ1n) is 9.27. The number of fused-ring (bicyclic) bond motifs is 1. The summed E-state index contributed by atoms with van der Waals surface area (Å²) in [7, 11) is 4.32. The minimum atomic E-state index is -0.518. The van der Waals surface area contributed by atoms with Crippen molar-refractivity contribution >= 4 is 23.1 Å². The zero-order valence-corrected chi connectivity index (χ0v) is 16.5. The monoisotopic (exact) mass is 398 g/mol.